The minimum atomic E-state index is -4.71. The number of nitrogens with one attached hydrogen (secondary N) is 2. The lowest BCUT2D eigenvalue weighted by molar-refractivity contribution is -0.137. The van der Waals surface area contributed by atoms with E-state index in [0.717, 1.165) is 6.07 Å². The summed E-state index contributed by atoms with van der Waals surface area (Å²) in [5.41, 5.74) is -1.50. The van der Waals surface area contributed by atoms with E-state index >= 15 is 0 Å². The first-order valence-corrected chi connectivity index (χ1v) is 7.07. The fourth-order valence-electron chi connectivity index (χ4n) is 1.88. The SMILES string of the molecule is CN(C)c1ccnc(CNC(=O)Nc2cc(F)cc(C(F)(F)F)c2)n1. The van der Waals surface area contributed by atoms with Crippen LogP contribution in [0.4, 0.5) is 33.9 Å². The van der Waals surface area contributed by atoms with Gasteiger partial charge in [0.05, 0.1) is 12.1 Å². The van der Waals surface area contributed by atoms with E-state index in [0.29, 0.717) is 23.8 Å². The van der Waals surface area contributed by atoms with Gasteiger partial charge >= 0.3 is 12.2 Å². The smallest absolute Gasteiger partial charge is 0.363 e. The molecule has 0 fully saturated rings. The lowest BCUT2D eigenvalue weighted by atomic mass is 10.2. The summed E-state index contributed by atoms with van der Waals surface area (Å²) in [6.07, 6.45) is -3.20. The van der Waals surface area contributed by atoms with Gasteiger partial charge < -0.3 is 15.5 Å². The Hall–Kier alpha value is -2.91. The molecule has 0 saturated carbocycles. The highest BCUT2D eigenvalue weighted by atomic mass is 19.4. The van der Waals surface area contributed by atoms with E-state index in [1.54, 1.807) is 25.1 Å². The minimum Gasteiger partial charge on any atom is -0.363 e. The first kappa shape index (κ1) is 18.4. The Kier molecular flexibility index (Phi) is 5.40. The molecule has 1 heterocycles. The van der Waals surface area contributed by atoms with E-state index in [9.17, 15) is 22.4 Å². The summed E-state index contributed by atoms with van der Waals surface area (Å²) in [6.45, 7) is -0.0467. The number of amides is 2. The van der Waals surface area contributed by atoms with Crippen molar-refractivity contribution in [3.8, 4) is 0 Å². The van der Waals surface area contributed by atoms with Gasteiger partial charge in [0.2, 0.25) is 0 Å². The van der Waals surface area contributed by atoms with Gasteiger partial charge in [0.15, 0.2) is 0 Å². The Morgan fingerprint density at radius 1 is 1.24 bits per heavy atom. The number of urea groups is 1. The predicted molar refractivity (Wildman–Crippen MR) is 83.6 cm³/mol. The lowest BCUT2D eigenvalue weighted by Gasteiger charge is -2.13. The van der Waals surface area contributed by atoms with Gasteiger partial charge in [-0.3, -0.25) is 0 Å². The van der Waals surface area contributed by atoms with Crippen molar-refractivity contribution in [1.82, 2.24) is 15.3 Å². The van der Waals surface area contributed by atoms with Crippen LogP contribution in [-0.2, 0) is 12.7 Å². The summed E-state index contributed by atoms with van der Waals surface area (Å²) in [6, 6.07) is 2.65. The zero-order valence-corrected chi connectivity index (χ0v) is 13.4. The normalized spacial score (nSPS) is 11.1. The number of nitrogens with zero attached hydrogens (tertiary/aromatic N) is 3. The summed E-state index contributed by atoms with van der Waals surface area (Å²) < 4.78 is 51.2. The summed E-state index contributed by atoms with van der Waals surface area (Å²) in [5, 5.41) is 4.54. The van der Waals surface area contributed by atoms with Crippen LogP contribution in [0.25, 0.3) is 0 Å². The second-order valence-electron chi connectivity index (χ2n) is 5.26. The number of hydrogen-bond acceptors (Lipinski definition) is 4. The molecule has 6 nitrogen and oxygen atoms in total. The monoisotopic (exact) mass is 357 g/mol. The third-order valence-corrected chi connectivity index (χ3v) is 3.04. The number of aromatic nitrogens is 2. The van der Waals surface area contributed by atoms with Crippen LogP contribution < -0.4 is 15.5 Å². The number of hydrogen-bond donors (Lipinski definition) is 2. The van der Waals surface area contributed by atoms with Crippen LogP contribution in [0.1, 0.15) is 11.4 Å². The van der Waals surface area contributed by atoms with E-state index < -0.39 is 23.6 Å². The van der Waals surface area contributed by atoms with Crippen molar-refractivity contribution >= 4 is 17.5 Å². The van der Waals surface area contributed by atoms with Crippen molar-refractivity contribution in [2.75, 3.05) is 24.3 Å². The second-order valence-corrected chi connectivity index (χ2v) is 5.26. The van der Waals surface area contributed by atoms with Gasteiger partial charge in [-0.1, -0.05) is 0 Å². The maximum atomic E-state index is 13.3. The highest BCUT2D eigenvalue weighted by molar-refractivity contribution is 5.89. The van der Waals surface area contributed by atoms with Gasteiger partial charge in [-0.05, 0) is 24.3 Å². The third-order valence-electron chi connectivity index (χ3n) is 3.04. The van der Waals surface area contributed by atoms with E-state index in [2.05, 4.69) is 20.6 Å². The predicted octanol–water partition coefficient (Wildman–Crippen LogP) is 3.02. The topological polar surface area (TPSA) is 70.2 Å². The average Bonchev–Trinajstić information content (AvgIpc) is 2.52. The van der Waals surface area contributed by atoms with Crippen molar-refractivity contribution < 1.29 is 22.4 Å². The van der Waals surface area contributed by atoms with E-state index in [4.69, 9.17) is 0 Å². The Bertz CT molecular complexity index is 764. The lowest BCUT2D eigenvalue weighted by Crippen LogP contribution is -2.29. The molecular weight excluding hydrogens is 342 g/mol. The molecule has 0 radical (unpaired) electrons. The largest absolute Gasteiger partial charge is 0.416 e. The Labute approximate surface area is 140 Å². The van der Waals surface area contributed by atoms with Gasteiger partial charge in [0, 0.05) is 26.0 Å². The molecule has 1 aromatic heterocycles. The number of alkyl halides is 3. The highest BCUT2D eigenvalue weighted by Crippen LogP contribution is 2.31. The molecule has 25 heavy (non-hydrogen) atoms. The molecular formula is C15H15F4N5O. The standard InChI is InChI=1S/C15H15F4N5O/c1-24(2)13-3-4-20-12(23-13)8-21-14(25)22-11-6-9(15(17,18)19)5-10(16)7-11/h3-7H,8H2,1-2H3,(H2,21,22,25). The number of anilines is 2. The first-order chi connectivity index (χ1) is 11.6. The van der Waals surface area contributed by atoms with E-state index in [1.807, 2.05) is 0 Å². The quantitative estimate of drug-likeness (QED) is 0.826. The van der Waals surface area contributed by atoms with Crippen molar-refractivity contribution in [1.29, 1.82) is 0 Å². The van der Waals surface area contributed by atoms with Crippen molar-refractivity contribution in [3.63, 3.8) is 0 Å². The Balaban J connectivity index is 2.01. The zero-order chi connectivity index (χ0) is 18.6. The number of benzene rings is 1. The molecule has 2 amide bonds. The maximum Gasteiger partial charge on any atom is 0.416 e. The molecule has 2 aromatic rings. The zero-order valence-electron chi connectivity index (χ0n) is 13.4. The van der Waals surface area contributed by atoms with Gasteiger partial charge in [0.25, 0.3) is 0 Å². The molecule has 0 saturated heterocycles. The van der Waals surface area contributed by atoms with Gasteiger partial charge in [-0.25, -0.2) is 19.2 Å². The molecule has 0 aliphatic heterocycles. The van der Waals surface area contributed by atoms with Crippen LogP contribution in [0.2, 0.25) is 0 Å². The average molecular weight is 357 g/mol. The fraction of sp³-hybridized carbons (Fsp3) is 0.267. The molecule has 10 heteroatoms. The molecule has 2 rings (SSSR count). The van der Waals surface area contributed by atoms with Gasteiger partial charge in [-0.2, -0.15) is 13.2 Å². The summed E-state index contributed by atoms with van der Waals surface area (Å²) in [4.78, 5) is 21.7. The molecule has 0 bridgehead atoms. The first-order valence-electron chi connectivity index (χ1n) is 7.07. The molecule has 0 spiro atoms. The Morgan fingerprint density at radius 3 is 2.60 bits per heavy atom. The van der Waals surface area contributed by atoms with Crippen molar-refractivity contribution in [3.05, 3.63) is 47.7 Å². The van der Waals surface area contributed by atoms with Crippen LogP contribution in [0.3, 0.4) is 0 Å². The number of rotatable bonds is 4. The van der Waals surface area contributed by atoms with Crippen LogP contribution in [0.5, 0.6) is 0 Å². The number of halogens is 4. The van der Waals surface area contributed by atoms with Gasteiger partial charge in [0.1, 0.15) is 17.5 Å². The fourth-order valence-corrected chi connectivity index (χ4v) is 1.88. The Morgan fingerprint density at radius 2 is 1.96 bits per heavy atom. The summed E-state index contributed by atoms with van der Waals surface area (Å²) in [7, 11) is 3.57. The molecule has 134 valence electrons. The van der Waals surface area contributed by atoms with Crippen LogP contribution in [-0.4, -0.2) is 30.1 Å². The molecule has 0 aliphatic carbocycles. The summed E-state index contributed by atoms with van der Waals surface area (Å²) in [5.74, 6) is -0.157. The van der Waals surface area contributed by atoms with Crippen LogP contribution in [0, 0.1) is 5.82 Å². The van der Waals surface area contributed by atoms with Crippen molar-refractivity contribution in [2.24, 2.45) is 0 Å². The molecule has 2 N–H and O–H groups in total. The van der Waals surface area contributed by atoms with Crippen LogP contribution in [0.15, 0.2) is 30.5 Å². The second kappa shape index (κ2) is 7.32. The third kappa shape index (κ3) is 5.30. The molecule has 0 unspecified atom stereocenters. The van der Waals surface area contributed by atoms with Gasteiger partial charge in [-0.15, -0.1) is 0 Å². The van der Waals surface area contributed by atoms with Crippen LogP contribution >= 0.6 is 0 Å². The molecule has 1 aromatic carbocycles. The maximum absolute atomic E-state index is 13.3. The minimum absolute atomic E-state index is 0.0467. The molecule has 0 atom stereocenters. The number of carbonyl (C=O) groups is 1. The van der Waals surface area contributed by atoms with E-state index in [1.165, 1.54) is 6.20 Å². The highest BCUT2D eigenvalue weighted by Gasteiger charge is 2.31. The van der Waals surface area contributed by atoms with E-state index in [-0.39, 0.29) is 12.2 Å². The number of carbonyl (C=O) groups excluding carboxylic acids is 1. The summed E-state index contributed by atoms with van der Waals surface area (Å²) >= 11 is 0. The van der Waals surface area contributed by atoms with Crippen molar-refractivity contribution in [2.45, 2.75) is 12.7 Å². The molecule has 0 aliphatic rings.